The molecule has 3 aromatic rings. The van der Waals surface area contributed by atoms with Gasteiger partial charge in [0.2, 0.25) is 5.75 Å². The molecule has 0 spiro atoms. The van der Waals surface area contributed by atoms with Gasteiger partial charge in [0, 0.05) is 23.9 Å². The number of nitrogens with one attached hydrogen (secondary N) is 1. The number of hydrogen-bond acceptors (Lipinski definition) is 7. The van der Waals surface area contributed by atoms with Gasteiger partial charge >= 0.3 is 0 Å². The van der Waals surface area contributed by atoms with Gasteiger partial charge in [0.1, 0.15) is 5.75 Å². The van der Waals surface area contributed by atoms with Crippen molar-refractivity contribution in [2.75, 3.05) is 26.6 Å². The zero-order valence-electron chi connectivity index (χ0n) is 15.0. The average Bonchev–Trinajstić information content (AvgIpc) is 3.17. The standard InChI is InChI=1S/C19H18N2O6/c1-24-16-8-11(9-17(25-2)18(16)26-3)20-19(23)13-10-15(27-21-13)12-6-4-5-7-14(12)22/h4-10,22H,1-3H3,(H,20,23). The molecule has 0 unspecified atom stereocenters. The number of para-hydroxylation sites is 1. The summed E-state index contributed by atoms with van der Waals surface area (Å²) in [5, 5.41) is 16.3. The number of aromatic hydroxyl groups is 1. The Morgan fingerprint density at radius 1 is 1.04 bits per heavy atom. The van der Waals surface area contributed by atoms with Crippen molar-refractivity contribution >= 4 is 11.6 Å². The van der Waals surface area contributed by atoms with Crippen molar-refractivity contribution in [1.29, 1.82) is 0 Å². The Bertz CT molecular complexity index is 941. The van der Waals surface area contributed by atoms with E-state index in [9.17, 15) is 9.90 Å². The first-order valence-corrected chi connectivity index (χ1v) is 7.93. The number of benzene rings is 2. The average molecular weight is 370 g/mol. The van der Waals surface area contributed by atoms with Crippen LogP contribution in [0.4, 0.5) is 5.69 Å². The van der Waals surface area contributed by atoms with Gasteiger partial charge in [0.15, 0.2) is 23.0 Å². The molecular formula is C19H18N2O6. The van der Waals surface area contributed by atoms with Crippen LogP contribution in [0.2, 0.25) is 0 Å². The molecule has 27 heavy (non-hydrogen) atoms. The highest BCUT2D eigenvalue weighted by atomic mass is 16.5. The fraction of sp³-hybridized carbons (Fsp3) is 0.158. The summed E-state index contributed by atoms with van der Waals surface area (Å²) in [5.74, 6) is 1.05. The van der Waals surface area contributed by atoms with Crippen molar-refractivity contribution in [2.45, 2.75) is 0 Å². The summed E-state index contributed by atoms with van der Waals surface area (Å²) in [7, 11) is 4.47. The molecule has 1 heterocycles. The Labute approximate surface area is 155 Å². The summed E-state index contributed by atoms with van der Waals surface area (Å²) >= 11 is 0. The zero-order chi connectivity index (χ0) is 19.4. The number of ether oxygens (including phenoxy) is 3. The van der Waals surface area contributed by atoms with Crippen LogP contribution < -0.4 is 19.5 Å². The van der Waals surface area contributed by atoms with Gasteiger partial charge in [-0.15, -0.1) is 0 Å². The Hall–Kier alpha value is -3.68. The molecule has 140 valence electrons. The van der Waals surface area contributed by atoms with Crippen LogP contribution in [-0.4, -0.2) is 37.5 Å². The third-order valence-electron chi connectivity index (χ3n) is 3.83. The molecule has 0 fully saturated rings. The van der Waals surface area contributed by atoms with E-state index in [4.69, 9.17) is 18.7 Å². The van der Waals surface area contributed by atoms with E-state index in [1.807, 2.05) is 0 Å². The minimum absolute atomic E-state index is 0.0326. The van der Waals surface area contributed by atoms with Crippen molar-refractivity contribution in [3.8, 4) is 34.3 Å². The molecule has 0 saturated carbocycles. The third-order valence-corrected chi connectivity index (χ3v) is 3.83. The SMILES string of the molecule is COc1cc(NC(=O)c2cc(-c3ccccc3O)on2)cc(OC)c1OC. The van der Waals surface area contributed by atoms with Gasteiger partial charge < -0.3 is 29.2 Å². The molecule has 8 heteroatoms. The molecule has 2 N–H and O–H groups in total. The predicted molar refractivity (Wildman–Crippen MR) is 97.7 cm³/mol. The maximum Gasteiger partial charge on any atom is 0.277 e. The lowest BCUT2D eigenvalue weighted by Crippen LogP contribution is -2.12. The van der Waals surface area contributed by atoms with Crippen molar-refractivity contribution in [3.63, 3.8) is 0 Å². The van der Waals surface area contributed by atoms with Crippen LogP contribution in [0.3, 0.4) is 0 Å². The highest BCUT2D eigenvalue weighted by Gasteiger charge is 2.18. The number of amides is 1. The molecule has 0 aliphatic heterocycles. The summed E-state index contributed by atoms with van der Waals surface area (Å²) in [6.07, 6.45) is 0. The molecule has 0 radical (unpaired) electrons. The first kappa shape index (κ1) is 18.1. The van der Waals surface area contributed by atoms with Gasteiger partial charge in [0.05, 0.1) is 26.9 Å². The van der Waals surface area contributed by atoms with Gasteiger partial charge in [-0.2, -0.15) is 0 Å². The number of methoxy groups -OCH3 is 3. The van der Waals surface area contributed by atoms with E-state index in [0.29, 0.717) is 28.5 Å². The Morgan fingerprint density at radius 2 is 1.70 bits per heavy atom. The summed E-state index contributed by atoms with van der Waals surface area (Å²) in [5.41, 5.74) is 0.931. The van der Waals surface area contributed by atoms with Gasteiger partial charge in [0.25, 0.3) is 5.91 Å². The highest BCUT2D eigenvalue weighted by Crippen LogP contribution is 2.40. The molecule has 0 saturated heterocycles. The summed E-state index contributed by atoms with van der Waals surface area (Å²) in [4.78, 5) is 12.5. The summed E-state index contributed by atoms with van der Waals surface area (Å²) in [6.45, 7) is 0. The second-order valence-electron chi connectivity index (χ2n) is 5.46. The minimum atomic E-state index is -0.491. The molecular weight excluding hydrogens is 352 g/mol. The number of nitrogens with zero attached hydrogens (tertiary/aromatic N) is 1. The Kier molecular flexibility index (Phi) is 5.16. The number of hydrogen-bond donors (Lipinski definition) is 2. The number of phenols is 1. The number of carbonyl (C=O) groups excluding carboxylic acids is 1. The van der Waals surface area contributed by atoms with Gasteiger partial charge in [-0.05, 0) is 12.1 Å². The van der Waals surface area contributed by atoms with E-state index in [2.05, 4.69) is 10.5 Å². The third kappa shape index (κ3) is 3.64. The van der Waals surface area contributed by atoms with Crippen LogP contribution >= 0.6 is 0 Å². The van der Waals surface area contributed by atoms with E-state index in [1.54, 1.807) is 30.3 Å². The van der Waals surface area contributed by atoms with Gasteiger partial charge in [-0.3, -0.25) is 4.79 Å². The molecule has 0 atom stereocenters. The van der Waals surface area contributed by atoms with Crippen LogP contribution in [0.1, 0.15) is 10.5 Å². The van der Waals surface area contributed by atoms with Crippen LogP contribution in [0, 0.1) is 0 Å². The Morgan fingerprint density at radius 3 is 2.30 bits per heavy atom. The molecule has 0 aliphatic carbocycles. The molecule has 1 aromatic heterocycles. The maximum atomic E-state index is 12.5. The number of anilines is 1. The maximum absolute atomic E-state index is 12.5. The normalized spacial score (nSPS) is 10.3. The largest absolute Gasteiger partial charge is 0.507 e. The lowest BCUT2D eigenvalue weighted by atomic mass is 10.1. The summed E-state index contributed by atoms with van der Waals surface area (Å²) < 4.78 is 21.0. The van der Waals surface area contributed by atoms with Gasteiger partial charge in [-0.1, -0.05) is 17.3 Å². The predicted octanol–water partition coefficient (Wildman–Crippen LogP) is 3.33. The van der Waals surface area contributed by atoms with Crippen LogP contribution in [-0.2, 0) is 0 Å². The molecule has 2 aromatic carbocycles. The molecule has 1 amide bonds. The second kappa shape index (κ2) is 7.69. The fourth-order valence-corrected chi connectivity index (χ4v) is 2.54. The van der Waals surface area contributed by atoms with Crippen molar-refractivity contribution < 1.29 is 28.6 Å². The van der Waals surface area contributed by atoms with E-state index in [0.717, 1.165) is 0 Å². The second-order valence-corrected chi connectivity index (χ2v) is 5.46. The topological polar surface area (TPSA) is 103 Å². The van der Waals surface area contributed by atoms with E-state index >= 15 is 0 Å². The highest BCUT2D eigenvalue weighted by molar-refractivity contribution is 6.03. The van der Waals surface area contributed by atoms with E-state index < -0.39 is 5.91 Å². The lowest BCUT2D eigenvalue weighted by molar-refractivity contribution is 0.101. The van der Waals surface area contributed by atoms with Crippen LogP contribution in [0.25, 0.3) is 11.3 Å². The Balaban J connectivity index is 1.85. The van der Waals surface area contributed by atoms with Crippen LogP contribution in [0.15, 0.2) is 47.0 Å². The minimum Gasteiger partial charge on any atom is -0.507 e. The molecule has 0 aliphatic rings. The van der Waals surface area contributed by atoms with Crippen molar-refractivity contribution in [3.05, 3.63) is 48.2 Å². The number of rotatable bonds is 6. The quantitative estimate of drug-likeness (QED) is 0.686. The summed E-state index contributed by atoms with van der Waals surface area (Å²) in [6, 6.07) is 11.3. The van der Waals surface area contributed by atoms with Crippen molar-refractivity contribution in [1.82, 2.24) is 5.16 Å². The lowest BCUT2D eigenvalue weighted by Gasteiger charge is -2.14. The number of phenolic OH excluding ortho intramolecular Hbond substituents is 1. The zero-order valence-corrected chi connectivity index (χ0v) is 15.0. The van der Waals surface area contributed by atoms with E-state index in [1.165, 1.54) is 33.5 Å². The van der Waals surface area contributed by atoms with E-state index in [-0.39, 0.29) is 17.2 Å². The molecule has 3 rings (SSSR count). The van der Waals surface area contributed by atoms with Gasteiger partial charge in [-0.25, -0.2) is 0 Å². The molecule has 0 bridgehead atoms. The first-order valence-electron chi connectivity index (χ1n) is 7.93. The molecule has 8 nitrogen and oxygen atoms in total. The van der Waals surface area contributed by atoms with Crippen molar-refractivity contribution in [2.24, 2.45) is 0 Å². The number of aromatic nitrogens is 1. The fourth-order valence-electron chi connectivity index (χ4n) is 2.54. The monoisotopic (exact) mass is 370 g/mol. The van der Waals surface area contributed by atoms with Crippen LogP contribution in [0.5, 0.6) is 23.0 Å². The smallest absolute Gasteiger partial charge is 0.277 e. The first-order chi connectivity index (χ1) is 13.1. The number of carbonyl (C=O) groups is 1.